The van der Waals surface area contributed by atoms with Crippen molar-refractivity contribution in [2.75, 3.05) is 5.32 Å². The van der Waals surface area contributed by atoms with Gasteiger partial charge in [-0.3, -0.25) is 4.79 Å². The molecule has 1 aromatic carbocycles. The van der Waals surface area contributed by atoms with Gasteiger partial charge in [-0.1, -0.05) is 27.7 Å². The summed E-state index contributed by atoms with van der Waals surface area (Å²) in [4.78, 5) is 21.2. The highest BCUT2D eigenvalue weighted by atomic mass is 79.9. The second-order valence-electron chi connectivity index (χ2n) is 5.52. The van der Waals surface area contributed by atoms with Crippen LogP contribution in [0.1, 0.15) is 18.3 Å². The van der Waals surface area contributed by atoms with Crippen molar-refractivity contribution in [3.63, 3.8) is 0 Å². The Hall–Kier alpha value is -1.45. The van der Waals surface area contributed by atoms with Crippen LogP contribution in [0.15, 0.2) is 38.4 Å². The molecule has 130 valence electrons. The maximum Gasteiger partial charge on any atom is 0.253 e. The number of carbonyl (C=O) groups excluding carboxylic acids is 1. The molecule has 0 aliphatic heterocycles. The highest BCUT2D eigenvalue weighted by Crippen LogP contribution is 2.28. The fraction of sp³-hybridized carbons (Fsp3) is 0.250. The zero-order chi connectivity index (χ0) is 18.1. The van der Waals surface area contributed by atoms with E-state index in [0.717, 1.165) is 26.0 Å². The van der Waals surface area contributed by atoms with Crippen molar-refractivity contribution in [3.05, 3.63) is 44.6 Å². The van der Waals surface area contributed by atoms with Gasteiger partial charge in [-0.15, -0.1) is 5.10 Å². The Balaban J connectivity index is 1.74. The largest absolute Gasteiger partial charge is 0.324 e. The van der Waals surface area contributed by atoms with Crippen molar-refractivity contribution in [3.8, 4) is 0 Å². The summed E-state index contributed by atoms with van der Waals surface area (Å²) in [6.45, 7) is 5.69. The Labute approximate surface area is 166 Å². The fourth-order valence-electron chi connectivity index (χ4n) is 2.23. The molecule has 25 heavy (non-hydrogen) atoms. The summed E-state index contributed by atoms with van der Waals surface area (Å²) in [6, 6.07) is 7.53. The van der Waals surface area contributed by atoms with Crippen LogP contribution in [0.4, 0.5) is 5.69 Å². The quantitative estimate of drug-likeness (QED) is 0.556. The van der Waals surface area contributed by atoms with Gasteiger partial charge in [-0.25, -0.2) is 9.50 Å². The normalized spacial score (nSPS) is 12.4. The van der Waals surface area contributed by atoms with Gasteiger partial charge in [0, 0.05) is 20.3 Å². The van der Waals surface area contributed by atoms with Crippen molar-refractivity contribution in [1.82, 2.24) is 19.6 Å². The summed E-state index contributed by atoms with van der Waals surface area (Å²) in [7, 11) is 0. The lowest BCUT2D eigenvalue weighted by molar-refractivity contribution is -0.115. The standard InChI is InChI=1S/C16H15Br2N5OS/c1-8-6-9(2)23-15(19-8)21-16(22-23)25-10(3)14(24)20-13-5-4-11(17)7-12(13)18/h4-7,10H,1-3H3,(H,20,24). The number of halogens is 2. The number of aryl methyl sites for hydroxylation is 2. The average Bonchev–Trinajstić information content (AvgIpc) is 2.92. The number of amides is 1. The molecule has 1 unspecified atom stereocenters. The molecule has 3 aromatic rings. The Morgan fingerprint density at radius 1 is 1.24 bits per heavy atom. The number of nitrogens with zero attached hydrogens (tertiary/aromatic N) is 4. The molecule has 0 spiro atoms. The minimum Gasteiger partial charge on any atom is -0.324 e. The van der Waals surface area contributed by atoms with Crippen molar-refractivity contribution in [1.29, 1.82) is 0 Å². The first kappa shape index (κ1) is 18.3. The number of benzene rings is 1. The molecule has 0 radical (unpaired) electrons. The topological polar surface area (TPSA) is 72.2 Å². The number of nitrogens with one attached hydrogen (secondary N) is 1. The molecule has 9 heteroatoms. The van der Waals surface area contributed by atoms with E-state index in [0.29, 0.717) is 10.9 Å². The third-order valence-electron chi connectivity index (χ3n) is 3.44. The molecule has 0 saturated heterocycles. The second-order valence-corrected chi connectivity index (χ2v) is 8.60. The number of fused-ring (bicyclic) bond motifs is 1. The van der Waals surface area contributed by atoms with Gasteiger partial charge in [0.2, 0.25) is 11.1 Å². The van der Waals surface area contributed by atoms with Crippen LogP contribution < -0.4 is 5.32 Å². The molecule has 2 aromatic heterocycles. The number of hydrogen-bond donors (Lipinski definition) is 1. The number of rotatable bonds is 4. The zero-order valence-electron chi connectivity index (χ0n) is 13.7. The van der Waals surface area contributed by atoms with Crippen molar-refractivity contribution >= 4 is 61.0 Å². The first-order valence-electron chi connectivity index (χ1n) is 7.47. The number of hydrogen-bond acceptors (Lipinski definition) is 5. The zero-order valence-corrected chi connectivity index (χ0v) is 17.7. The van der Waals surface area contributed by atoms with E-state index >= 15 is 0 Å². The van der Waals surface area contributed by atoms with Crippen molar-refractivity contribution in [2.45, 2.75) is 31.2 Å². The number of carbonyl (C=O) groups is 1. The molecular weight excluding hydrogens is 470 g/mol. The monoisotopic (exact) mass is 483 g/mol. The lowest BCUT2D eigenvalue weighted by Crippen LogP contribution is -2.22. The minimum atomic E-state index is -0.352. The van der Waals surface area contributed by atoms with Crippen LogP contribution in [0.3, 0.4) is 0 Å². The third-order valence-corrected chi connectivity index (χ3v) is 5.54. The summed E-state index contributed by atoms with van der Waals surface area (Å²) in [5.74, 6) is 0.427. The Kier molecular flexibility index (Phi) is 5.45. The van der Waals surface area contributed by atoms with Gasteiger partial charge >= 0.3 is 0 Å². The number of thioether (sulfide) groups is 1. The molecule has 1 amide bonds. The second kappa shape index (κ2) is 7.43. The third kappa shape index (κ3) is 4.21. The Bertz CT molecular complexity index is 959. The predicted molar refractivity (Wildman–Crippen MR) is 106 cm³/mol. The highest BCUT2D eigenvalue weighted by Gasteiger charge is 2.19. The Morgan fingerprint density at radius 2 is 2.00 bits per heavy atom. The first-order valence-corrected chi connectivity index (χ1v) is 9.93. The lowest BCUT2D eigenvalue weighted by atomic mass is 10.3. The van der Waals surface area contributed by atoms with Gasteiger partial charge in [0.05, 0.1) is 10.9 Å². The van der Waals surface area contributed by atoms with Crippen LogP contribution in [0.25, 0.3) is 5.78 Å². The average molecular weight is 485 g/mol. The van der Waals surface area contributed by atoms with Gasteiger partial charge in [-0.2, -0.15) is 4.98 Å². The molecule has 0 aliphatic rings. The highest BCUT2D eigenvalue weighted by molar-refractivity contribution is 9.11. The van der Waals surface area contributed by atoms with Crippen molar-refractivity contribution in [2.24, 2.45) is 0 Å². The Morgan fingerprint density at radius 3 is 2.72 bits per heavy atom. The van der Waals surface area contributed by atoms with Crippen LogP contribution in [-0.4, -0.2) is 30.7 Å². The van der Waals surface area contributed by atoms with Crippen LogP contribution in [0.2, 0.25) is 0 Å². The molecule has 0 saturated carbocycles. The SMILES string of the molecule is Cc1cc(C)n2nc(SC(C)C(=O)Nc3ccc(Br)cc3Br)nc2n1. The van der Waals surface area contributed by atoms with E-state index in [1.807, 2.05) is 45.0 Å². The van der Waals surface area contributed by atoms with Crippen LogP contribution in [0, 0.1) is 13.8 Å². The molecule has 3 rings (SSSR count). The lowest BCUT2D eigenvalue weighted by Gasteiger charge is -2.11. The van der Waals surface area contributed by atoms with E-state index in [9.17, 15) is 4.79 Å². The number of aromatic nitrogens is 4. The maximum absolute atomic E-state index is 12.4. The summed E-state index contributed by atoms with van der Waals surface area (Å²) in [5, 5.41) is 7.50. The van der Waals surface area contributed by atoms with E-state index in [1.54, 1.807) is 4.52 Å². The first-order chi connectivity index (χ1) is 11.8. The van der Waals surface area contributed by atoms with E-state index in [4.69, 9.17) is 0 Å². The van der Waals surface area contributed by atoms with E-state index in [1.165, 1.54) is 11.8 Å². The van der Waals surface area contributed by atoms with Crippen LogP contribution >= 0.6 is 43.6 Å². The van der Waals surface area contributed by atoms with Crippen LogP contribution in [-0.2, 0) is 4.79 Å². The molecule has 1 atom stereocenters. The predicted octanol–water partition coefficient (Wildman–Crippen LogP) is 4.39. The van der Waals surface area contributed by atoms with Gasteiger partial charge in [0.15, 0.2) is 0 Å². The summed E-state index contributed by atoms with van der Waals surface area (Å²) >= 11 is 8.13. The smallest absolute Gasteiger partial charge is 0.253 e. The molecule has 0 fully saturated rings. The molecule has 6 nitrogen and oxygen atoms in total. The number of anilines is 1. The molecule has 0 bridgehead atoms. The van der Waals surface area contributed by atoms with Crippen molar-refractivity contribution < 1.29 is 4.79 Å². The van der Waals surface area contributed by atoms with E-state index in [2.05, 4.69) is 52.2 Å². The summed E-state index contributed by atoms with van der Waals surface area (Å²) in [6.07, 6.45) is 0. The van der Waals surface area contributed by atoms with Crippen LogP contribution in [0.5, 0.6) is 0 Å². The molecule has 0 aliphatic carbocycles. The molecule has 2 heterocycles. The summed E-state index contributed by atoms with van der Waals surface area (Å²) in [5.41, 5.74) is 2.56. The maximum atomic E-state index is 12.4. The molecular formula is C16H15Br2N5OS. The van der Waals surface area contributed by atoms with Gasteiger partial charge in [-0.05, 0) is 61.0 Å². The fourth-order valence-corrected chi connectivity index (χ4v) is 4.13. The van der Waals surface area contributed by atoms with E-state index in [-0.39, 0.29) is 11.2 Å². The summed E-state index contributed by atoms with van der Waals surface area (Å²) < 4.78 is 3.44. The van der Waals surface area contributed by atoms with Gasteiger partial charge < -0.3 is 5.32 Å². The van der Waals surface area contributed by atoms with Gasteiger partial charge in [0.25, 0.3) is 5.78 Å². The molecule has 1 N–H and O–H groups in total. The minimum absolute atomic E-state index is 0.118. The van der Waals surface area contributed by atoms with Gasteiger partial charge in [0.1, 0.15) is 0 Å². The van der Waals surface area contributed by atoms with E-state index < -0.39 is 0 Å².